The van der Waals surface area contributed by atoms with Crippen molar-refractivity contribution in [3.63, 3.8) is 0 Å². The molecule has 1 atom stereocenters. The highest BCUT2D eigenvalue weighted by Crippen LogP contribution is 2.35. The van der Waals surface area contributed by atoms with Gasteiger partial charge in [-0.1, -0.05) is 18.2 Å². The maximum atomic E-state index is 15.2. The number of primary amides is 1. The van der Waals surface area contributed by atoms with E-state index in [9.17, 15) is 23.1 Å². The lowest BCUT2D eigenvalue weighted by atomic mass is 9.90. The van der Waals surface area contributed by atoms with Gasteiger partial charge in [-0.2, -0.15) is 18.2 Å². The van der Waals surface area contributed by atoms with Crippen molar-refractivity contribution in [3.05, 3.63) is 82.5 Å². The molecule has 35 heavy (non-hydrogen) atoms. The second-order valence-electron chi connectivity index (χ2n) is 8.21. The van der Waals surface area contributed by atoms with Gasteiger partial charge in [-0.15, -0.1) is 5.10 Å². The van der Waals surface area contributed by atoms with E-state index < -0.39 is 29.9 Å². The van der Waals surface area contributed by atoms with Crippen molar-refractivity contribution in [3.8, 4) is 11.1 Å². The number of rotatable bonds is 6. The number of alkyl halides is 4. The summed E-state index contributed by atoms with van der Waals surface area (Å²) < 4.78 is 55.1. The van der Waals surface area contributed by atoms with Crippen molar-refractivity contribution in [1.29, 1.82) is 0 Å². The largest absolute Gasteiger partial charge is 0.416 e. The molecule has 0 fully saturated rings. The number of halogens is 4. The molecule has 7 nitrogen and oxygen atoms in total. The van der Waals surface area contributed by atoms with Crippen molar-refractivity contribution >= 4 is 17.5 Å². The number of aryl methyl sites for hydroxylation is 2. The van der Waals surface area contributed by atoms with Crippen LogP contribution in [0, 0.1) is 6.92 Å². The van der Waals surface area contributed by atoms with E-state index in [1.807, 2.05) is 0 Å². The number of carbonyl (C=O) groups excluding carboxylic acids is 1. The molecule has 2 heterocycles. The maximum Gasteiger partial charge on any atom is 0.416 e. The average Bonchev–Trinajstić information content (AvgIpc) is 3.16. The molecule has 2 aromatic carbocycles. The van der Waals surface area contributed by atoms with E-state index in [0.29, 0.717) is 27.9 Å². The number of aliphatic hydroxyl groups is 1. The number of benzene rings is 2. The molecule has 4 rings (SSSR count). The first kappa shape index (κ1) is 24.1. The Bertz CT molecular complexity index is 1410. The fraction of sp³-hybridized carbons (Fsp3) is 0.208. The monoisotopic (exact) mass is 487 g/mol. The number of nitrogens with two attached hydrogens (primary N) is 2. The third-order valence-corrected chi connectivity index (χ3v) is 5.76. The summed E-state index contributed by atoms with van der Waals surface area (Å²) in [6.07, 6.45) is -3.39. The Morgan fingerprint density at radius 2 is 1.71 bits per heavy atom. The van der Waals surface area contributed by atoms with Crippen LogP contribution in [-0.4, -0.2) is 25.6 Å². The van der Waals surface area contributed by atoms with Gasteiger partial charge in [-0.3, -0.25) is 4.79 Å². The molecule has 182 valence electrons. The van der Waals surface area contributed by atoms with Gasteiger partial charge in [-0.25, -0.2) is 8.91 Å². The summed E-state index contributed by atoms with van der Waals surface area (Å²) >= 11 is 0. The van der Waals surface area contributed by atoms with Crippen molar-refractivity contribution in [2.24, 2.45) is 5.73 Å². The van der Waals surface area contributed by atoms with Crippen LogP contribution < -0.4 is 11.5 Å². The number of pyridine rings is 1. The van der Waals surface area contributed by atoms with Gasteiger partial charge < -0.3 is 16.6 Å². The van der Waals surface area contributed by atoms with Gasteiger partial charge in [0.2, 0.25) is 17.7 Å². The van der Waals surface area contributed by atoms with E-state index in [2.05, 4.69) is 10.1 Å². The van der Waals surface area contributed by atoms with Gasteiger partial charge in [0.25, 0.3) is 0 Å². The standard InChI is InChI=1S/C24H21F4N5O2/c1-13-10-14(6-8-23(25,35)16-2-4-17(5-3-16)24(26,27)28)19(12-18(13)21(29)34)15-7-9-33-20(11-15)31-22(30)32-33/h2-5,7,9-12,35H,6,8H2,1H3,(H2,29,34)(H2,30,32). The zero-order valence-electron chi connectivity index (χ0n) is 18.5. The highest BCUT2D eigenvalue weighted by Gasteiger charge is 2.33. The number of nitrogens with zero attached hydrogens (tertiary/aromatic N) is 3. The first-order valence-electron chi connectivity index (χ1n) is 10.5. The molecule has 0 radical (unpaired) electrons. The van der Waals surface area contributed by atoms with Crippen LogP contribution >= 0.6 is 0 Å². The summed E-state index contributed by atoms with van der Waals surface area (Å²) in [5, 5.41) is 14.4. The second-order valence-corrected chi connectivity index (χ2v) is 8.21. The first-order chi connectivity index (χ1) is 16.3. The molecular weight excluding hydrogens is 466 g/mol. The Kier molecular flexibility index (Phi) is 5.97. The zero-order chi connectivity index (χ0) is 25.5. The summed E-state index contributed by atoms with van der Waals surface area (Å²) in [4.78, 5) is 16.0. The molecule has 0 bridgehead atoms. The normalized spacial score (nSPS) is 13.7. The van der Waals surface area contributed by atoms with Crippen LogP contribution in [0.25, 0.3) is 16.8 Å². The highest BCUT2D eigenvalue weighted by molar-refractivity contribution is 5.96. The molecule has 11 heteroatoms. The van der Waals surface area contributed by atoms with Crippen LogP contribution in [0.15, 0.2) is 54.7 Å². The lowest BCUT2D eigenvalue weighted by Gasteiger charge is -2.21. The van der Waals surface area contributed by atoms with E-state index in [1.54, 1.807) is 37.4 Å². The minimum atomic E-state index is -4.57. The summed E-state index contributed by atoms with van der Waals surface area (Å²) in [6, 6.07) is 9.89. The van der Waals surface area contributed by atoms with Gasteiger partial charge in [0, 0.05) is 23.7 Å². The molecule has 5 N–H and O–H groups in total. The van der Waals surface area contributed by atoms with Crippen molar-refractivity contribution in [1.82, 2.24) is 14.6 Å². The minimum absolute atomic E-state index is 0.00322. The number of hydrogen-bond donors (Lipinski definition) is 3. The number of nitrogen functional groups attached to an aromatic ring is 1. The quantitative estimate of drug-likeness (QED) is 0.353. The molecule has 1 amide bonds. The number of aromatic nitrogens is 3. The number of anilines is 1. The summed E-state index contributed by atoms with van der Waals surface area (Å²) in [5.41, 5.74) is 12.9. The molecule has 0 aliphatic heterocycles. The maximum absolute atomic E-state index is 15.2. The Labute approximate surface area is 197 Å². The van der Waals surface area contributed by atoms with Gasteiger partial charge in [0.15, 0.2) is 5.65 Å². The predicted octanol–water partition coefficient (Wildman–Crippen LogP) is 4.15. The van der Waals surface area contributed by atoms with Crippen LogP contribution in [0.1, 0.15) is 39.0 Å². The first-order valence-corrected chi connectivity index (χ1v) is 10.5. The SMILES string of the molecule is Cc1cc(CCC(O)(F)c2ccc(C(F)(F)F)cc2)c(-c2ccn3nc(N)nc3c2)cc1C(N)=O. The average molecular weight is 487 g/mol. The number of hydrogen-bond acceptors (Lipinski definition) is 5. The Morgan fingerprint density at radius 3 is 2.34 bits per heavy atom. The van der Waals surface area contributed by atoms with Crippen LogP contribution in [-0.2, 0) is 18.5 Å². The molecule has 0 saturated carbocycles. The minimum Gasteiger partial charge on any atom is -0.366 e. The fourth-order valence-corrected chi connectivity index (χ4v) is 3.93. The molecule has 4 aromatic rings. The topological polar surface area (TPSA) is 120 Å². The van der Waals surface area contributed by atoms with Gasteiger partial charge in [0.1, 0.15) is 0 Å². The summed E-state index contributed by atoms with van der Waals surface area (Å²) in [6.45, 7) is 1.67. The molecule has 0 saturated heterocycles. The Morgan fingerprint density at radius 1 is 1.06 bits per heavy atom. The summed E-state index contributed by atoms with van der Waals surface area (Å²) in [5.74, 6) is -3.46. The number of fused-ring (bicyclic) bond motifs is 1. The Balaban J connectivity index is 1.69. The second kappa shape index (κ2) is 8.66. The molecule has 0 aliphatic carbocycles. The van der Waals surface area contributed by atoms with Gasteiger partial charge >= 0.3 is 6.18 Å². The Hall–Kier alpha value is -3.99. The molecule has 1 unspecified atom stereocenters. The van der Waals surface area contributed by atoms with E-state index in [0.717, 1.165) is 24.3 Å². The van der Waals surface area contributed by atoms with Crippen molar-refractivity contribution in [2.75, 3.05) is 5.73 Å². The van der Waals surface area contributed by atoms with E-state index in [-0.39, 0.29) is 23.5 Å². The molecule has 0 spiro atoms. The summed E-state index contributed by atoms with van der Waals surface area (Å²) in [7, 11) is 0. The van der Waals surface area contributed by atoms with Crippen LogP contribution in [0.3, 0.4) is 0 Å². The third kappa shape index (κ3) is 4.94. The zero-order valence-corrected chi connectivity index (χ0v) is 18.5. The molecular formula is C24H21F4N5O2. The third-order valence-electron chi connectivity index (χ3n) is 5.76. The van der Waals surface area contributed by atoms with Gasteiger partial charge in [0.05, 0.1) is 5.56 Å². The fourth-order valence-electron chi connectivity index (χ4n) is 3.93. The van der Waals surface area contributed by atoms with E-state index in [1.165, 1.54) is 4.52 Å². The van der Waals surface area contributed by atoms with Crippen molar-refractivity contribution in [2.45, 2.75) is 31.8 Å². The van der Waals surface area contributed by atoms with E-state index in [4.69, 9.17) is 11.5 Å². The molecule has 2 aromatic heterocycles. The van der Waals surface area contributed by atoms with Crippen LogP contribution in [0.4, 0.5) is 23.5 Å². The van der Waals surface area contributed by atoms with Gasteiger partial charge in [-0.05, 0) is 65.9 Å². The number of carbonyl (C=O) groups is 1. The lowest BCUT2D eigenvalue weighted by molar-refractivity contribution is -0.137. The smallest absolute Gasteiger partial charge is 0.366 e. The van der Waals surface area contributed by atoms with Crippen molar-refractivity contribution < 1.29 is 27.5 Å². The van der Waals surface area contributed by atoms with Crippen LogP contribution in [0.2, 0.25) is 0 Å². The highest BCUT2D eigenvalue weighted by atomic mass is 19.4. The lowest BCUT2D eigenvalue weighted by Crippen LogP contribution is -2.21. The molecule has 0 aliphatic rings. The number of amides is 1. The van der Waals surface area contributed by atoms with Crippen LogP contribution in [0.5, 0.6) is 0 Å². The predicted molar refractivity (Wildman–Crippen MR) is 121 cm³/mol. The van der Waals surface area contributed by atoms with E-state index >= 15 is 4.39 Å².